The predicted molar refractivity (Wildman–Crippen MR) is 103 cm³/mol. The Balaban J connectivity index is 0.00000243. The Morgan fingerprint density at radius 3 is 2.50 bits per heavy atom. The van der Waals surface area contributed by atoms with Gasteiger partial charge in [-0.15, -0.1) is 12.4 Å². The van der Waals surface area contributed by atoms with Gasteiger partial charge in [-0.05, 0) is 43.5 Å². The number of rotatable bonds is 4. The van der Waals surface area contributed by atoms with Crippen molar-refractivity contribution in [1.82, 2.24) is 9.80 Å². The molecule has 2 N–H and O–H groups in total. The van der Waals surface area contributed by atoms with Crippen LogP contribution in [0.2, 0.25) is 0 Å². The number of nitrogens with two attached hydrogens (primary N) is 1. The van der Waals surface area contributed by atoms with Crippen molar-refractivity contribution in [2.24, 2.45) is 17.6 Å². The van der Waals surface area contributed by atoms with E-state index in [0.29, 0.717) is 50.0 Å². The molecule has 2 aliphatic rings. The van der Waals surface area contributed by atoms with E-state index in [2.05, 4.69) is 0 Å². The van der Waals surface area contributed by atoms with Gasteiger partial charge in [0.15, 0.2) is 0 Å². The van der Waals surface area contributed by atoms with Crippen molar-refractivity contribution in [1.29, 1.82) is 0 Å². The Labute approximate surface area is 161 Å². The van der Waals surface area contributed by atoms with Crippen LogP contribution in [0, 0.1) is 11.8 Å². The van der Waals surface area contributed by atoms with E-state index in [1.165, 1.54) is 0 Å². The van der Waals surface area contributed by atoms with E-state index in [0.717, 1.165) is 19.3 Å². The number of piperazine rings is 1. The summed E-state index contributed by atoms with van der Waals surface area (Å²) in [5.41, 5.74) is 6.43. The molecule has 0 radical (unpaired) electrons. The van der Waals surface area contributed by atoms with Gasteiger partial charge in [-0.25, -0.2) is 0 Å². The average Bonchev–Trinajstić information content (AvgIpc) is 3.15. The summed E-state index contributed by atoms with van der Waals surface area (Å²) in [7, 11) is 1.59. The molecule has 6 nitrogen and oxygen atoms in total. The van der Waals surface area contributed by atoms with E-state index in [-0.39, 0.29) is 30.1 Å². The van der Waals surface area contributed by atoms with Crippen LogP contribution in [-0.4, -0.2) is 61.4 Å². The number of carbonyl (C=O) groups excluding carboxylic acids is 2. The third-order valence-corrected chi connectivity index (χ3v) is 5.47. The van der Waals surface area contributed by atoms with Crippen molar-refractivity contribution in [3.63, 3.8) is 0 Å². The Morgan fingerprint density at radius 1 is 1.15 bits per heavy atom. The quantitative estimate of drug-likeness (QED) is 0.862. The summed E-state index contributed by atoms with van der Waals surface area (Å²) in [5.74, 6) is 1.29. The highest BCUT2D eigenvalue weighted by atomic mass is 35.5. The van der Waals surface area contributed by atoms with Crippen molar-refractivity contribution in [2.45, 2.75) is 19.3 Å². The van der Waals surface area contributed by atoms with E-state index in [9.17, 15) is 9.59 Å². The van der Waals surface area contributed by atoms with Crippen molar-refractivity contribution in [3.8, 4) is 5.75 Å². The van der Waals surface area contributed by atoms with Crippen LogP contribution in [0.15, 0.2) is 24.3 Å². The molecule has 0 bridgehead atoms. The van der Waals surface area contributed by atoms with E-state index >= 15 is 0 Å². The molecule has 0 unspecified atom stereocenters. The molecule has 1 aromatic carbocycles. The molecule has 0 aromatic heterocycles. The molecule has 144 valence electrons. The number of methoxy groups -OCH3 is 1. The van der Waals surface area contributed by atoms with Gasteiger partial charge in [-0.1, -0.05) is 12.5 Å². The molecule has 3 rings (SSSR count). The molecular formula is C19H28ClN3O3. The second-order valence-corrected chi connectivity index (χ2v) is 6.88. The minimum Gasteiger partial charge on any atom is -0.497 e. The summed E-state index contributed by atoms with van der Waals surface area (Å²) in [6, 6.07) is 7.19. The van der Waals surface area contributed by atoms with Gasteiger partial charge in [0.05, 0.1) is 7.11 Å². The van der Waals surface area contributed by atoms with Gasteiger partial charge < -0.3 is 20.3 Å². The van der Waals surface area contributed by atoms with E-state index in [1.54, 1.807) is 19.2 Å². The van der Waals surface area contributed by atoms with Crippen LogP contribution < -0.4 is 10.5 Å². The number of ether oxygens (including phenoxy) is 1. The Kier molecular flexibility index (Phi) is 7.29. The van der Waals surface area contributed by atoms with Crippen LogP contribution in [0.25, 0.3) is 0 Å². The van der Waals surface area contributed by atoms with Crippen LogP contribution in [0.5, 0.6) is 5.75 Å². The van der Waals surface area contributed by atoms with Crippen LogP contribution in [-0.2, 0) is 4.79 Å². The van der Waals surface area contributed by atoms with E-state index in [4.69, 9.17) is 10.5 Å². The molecule has 2 atom stereocenters. The highest BCUT2D eigenvalue weighted by Crippen LogP contribution is 2.32. The Hall–Kier alpha value is -1.79. The van der Waals surface area contributed by atoms with Crippen LogP contribution >= 0.6 is 12.4 Å². The van der Waals surface area contributed by atoms with Gasteiger partial charge in [-0.2, -0.15) is 0 Å². The molecule has 0 spiro atoms. The van der Waals surface area contributed by atoms with Crippen LogP contribution in [0.3, 0.4) is 0 Å². The first-order valence-corrected chi connectivity index (χ1v) is 9.06. The predicted octanol–water partition coefficient (Wildman–Crippen LogP) is 1.78. The molecule has 1 heterocycles. The fourth-order valence-corrected chi connectivity index (χ4v) is 3.95. The van der Waals surface area contributed by atoms with Crippen molar-refractivity contribution >= 4 is 24.2 Å². The van der Waals surface area contributed by atoms with Gasteiger partial charge >= 0.3 is 0 Å². The highest BCUT2D eigenvalue weighted by molar-refractivity contribution is 5.94. The van der Waals surface area contributed by atoms with Crippen LogP contribution in [0.4, 0.5) is 0 Å². The minimum absolute atomic E-state index is 0. The number of hydrogen-bond donors (Lipinski definition) is 1. The van der Waals surface area contributed by atoms with E-state index < -0.39 is 0 Å². The number of benzene rings is 1. The third kappa shape index (κ3) is 4.30. The molecular weight excluding hydrogens is 354 g/mol. The SMILES string of the molecule is COc1cccc(C(=O)N2CCN(C(=O)[C@@H]3CCC[C@@H]3CN)CC2)c1.Cl. The molecule has 1 aliphatic heterocycles. The molecule has 2 amide bonds. The topological polar surface area (TPSA) is 75.9 Å². The Morgan fingerprint density at radius 2 is 1.85 bits per heavy atom. The summed E-state index contributed by atoms with van der Waals surface area (Å²) in [4.78, 5) is 29.1. The smallest absolute Gasteiger partial charge is 0.254 e. The summed E-state index contributed by atoms with van der Waals surface area (Å²) in [6.07, 6.45) is 3.09. The molecule has 2 fully saturated rings. The van der Waals surface area contributed by atoms with Crippen molar-refractivity contribution in [3.05, 3.63) is 29.8 Å². The summed E-state index contributed by atoms with van der Waals surface area (Å²) in [6.45, 7) is 2.93. The molecule has 1 aliphatic carbocycles. The lowest BCUT2D eigenvalue weighted by molar-refractivity contribution is -0.138. The minimum atomic E-state index is -0.00769. The number of halogens is 1. The second kappa shape index (κ2) is 9.24. The molecule has 1 aromatic rings. The monoisotopic (exact) mass is 381 g/mol. The third-order valence-electron chi connectivity index (χ3n) is 5.47. The summed E-state index contributed by atoms with van der Waals surface area (Å²) < 4.78 is 5.18. The zero-order valence-electron chi connectivity index (χ0n) is 15.2. The number of nitrogens with zero attached hydrogens (tertiary/aromatic N) is 2. The van der Waals surface area contributed by atoms with Crippen molar-refractivity contribution < 1.29 is 14.3 Å². The average molecular weight is 382 g/mol. The van der Waals surface area contributed by atoms with Gasteiger partial charge in [0.25, 0.3) is 5.91 Å². The first-order valence-electron chi connectivity index (χ1n) is 9.06. The zero-order chi connectivity index (χ0) is 17.8. The lowest BCUT2D eigenvalue weighted by Gasteiger charge is -2.36. The summed E-state index contributed by atoms with van der Waals surface area (Å²) >= 11 is 0. The fourth-order valence-electron chi connectivity index (χ4n) is 3.95. The van der Waals surface area contributed by atoms with Crippen LogP contribution in [0.1, 0.15) is 29.6 Å². The summed E-state index contributed by atoms with van der Waals surface area (Å²) in [5, 5.41) is 0. The second-order valence-electron chi connectivity index (χ2n) is 6.88. The largest absolute Gasteiger partial charge is 0.497 e. The van der Waals surface area contributed by atoms with Gasteiger partial charge in [-0.3, -0.25) is 9.59 Å². The standard InChI is InChI=1S/C19H27N3O3.ClH/c1-25-16-6-2-4-14(12-16)18(23)21-8-10-22(11-9-21)19(24)17-7-3-5-15(17)13-20;/h2,4,6,12,15,17H,3,5,7-11,13,20H2,1H3;1H/t15-,17-;/m1./s1. The maximum Gasteiger partial charge on any atom is 0.254 e. The lowest BCUT2D eigenvalue weighted by atomic mass is 9.94. The first-order chi connectivity index (χ1) is 12.1. The molecule has 1 saturated carbocycles. The maximum absolute atomic E-state index is 12.8. The number of amides is 2. The molecule has 26 heavy (non-hydrogen) atoms. The maximum atomic E-state index is 12.8. The normalized spacial score (nSPS) is 22.7. The van der Waals surface area contributed by atoms with E-state index in [1.807, 2.05) is 21.9 Å². The first kappa shape index (κ1) is 20.5. The number of hydrogen-bond acceptors (Lipinski definition) is 4. The van der Waals surface area contributed by atoms with Gasteiger partial charge in [0.2, 0.25) is 5.91 Å². The number of carbonyl (C=O) groups is 2. The van der Waals surface area contributed by atoms with Gasteiger partial charge in [0, 0.05) is 37.7 Å². The van der Waals surface area contributed by atoms with Crippen molar-refractivity contribution in [2.75, 3.05) is 39.8 Å². The lowest BCUT2D eigenvalue weighted by Crippen LogP contribution is -2.52. The highest BCUT2D eigenvalue weighted by Gasteiger charge is 2.36. The zero-order valence-corrected chi connectivity index (χ0v) is 16.0. The Bertz CT molecular complexity index is 632. The molecule has 1 saturated heterocycles. The fraction of sp³-hybridized carbons (Fsp3) is 0.579. The molecule has 7 heteroatoms. The van der Waals surface area contributed by atoms with Gasteiger partial charge in [0.1, 0.15) is 5.75 Å².